The Morgan fingerprint density at radius 1 is 1.36 bits per heavy atom. The molecular formula is C17H22N2O3. The van der Waals surface area contributed by atoms with Crippen molar-refractivity contribution in [2.24, 2.45) is 0 Å². The van der Waals surface area contributed by atoms with Crippen LogP contribution in [-0.2, 0) is 0 Å². The van der Waals surface area contributed by atoms with Crippen LogP contribution in [0.2, 0.25) is 0 Å². The fourth-order valence-corrected chi connectivity index (χ4v) is 2.90. The van der Waals surface area contributed by atoms with Gasteiger partial charge in [0.2, 0.25) is 0 Å². The van der Waals surface area contributed by atoms with Crippen LogP contribution in [0.25, 0.3) is 11.0 Å². The van der Waals surface area contributed by atoms with Gasteiger partial charge in [0.1, 0.15) is 5.58 Å². The van der Waals surface area contributed by atoms with Crippen LogP contribution in [0.1, 0.15) is 35.4 Å². The van der Waals surface area contributed by atoms with Gasteiger partial charge in [-0.2, -0.15) is 0 Å². The maximum absolute atomic E-state index is 12.2. The van der Waals surface area contributed by atoms with Gasteiger partial charge in [-0.3, -0.25) is 4.79 Å². The summed E-state index contributed by atoms with van der Waals surface area (Å²) < 4.78 is 5.58. The van der Waals surface area contributed by atoms with E-state index in [0.29, 0.717) is 18.4 Å². The van der Waals surface area contributed by atoms with Crippen molar-refractivity contribution in [2.75, 3.05) is 19.6 Å². The van der Waals surface area contributed by atoms with Gasteiger partial charge in [0.15, 0.2) is 5.76 Å². The van der Waals surface area contributed by atoms with Gasteiger partial charge < -0.3 is 20.2 Å². The Morgan fingerprint density at radius 3 is 3.09 bits per heavy atom. The fraction of sp³-hybridized carbons (Fsp3) is 0.471. The first-order valence-corrected chi connectivity index (χ1v) is 7.77. The van der Waals surface area contributed by atoms with E-state index in [1.807, 2.05) is 25.1 Å². The Labute approximate surface area is 129 Å². The molecule has 0 bridgehead atoms. The summed E-state index contributed by atoms with van der Waals surface area (Å²) >= 11 is 0. The molecule has 1 unspecified atom stereocenters. The first-order chi connectivity index (χ1) is 10.6. The van der Waals surface area contributed by atoms with Gasteiger partial charge in [-0.05, 0) is 57.5 Å². The molecule has 22 heavy (non-hydrogen) atoms. The van der Waals surface area contributed by atoms with Gasteiger partial charge in [0.05, 0.1) is 5.60 Å². The number of hydrogen-bond donors (Lipinski definition) is 3. The largest absolute Gasteiger partial charge is 0.451 e. The normalized spacial score (nSPS) is 22.5. The lowest BCUT2D eigenvalue weighted by Gasteiger charge is -2.26. The molecule has 0 saturated carbocycles. The number of amides is 1. The molecule has 1 atom stereocenters. The summed E-state index contributed by atoms with van der Waals surface area (Å²) in [6.07, 6.45) is 2.25. The maximum Gasteiger partial charge on any atom is 0.287 e. The smallest absolute Gasteiger partial charge is 0.287 e. The van der Waals surface area contributed by atoms with Crippen LogP contribution in [0.3, 0.4) is 0 Å². The van der Waals surface area contributed by atoms with E-state index >= 15 is 0 Å². The molecule has 1 aromatic heterocycles. The van der Waals surface area contributed by atoms with Crippen LogP contribution in [0.15, 0.2) is 28.7 Å². The molecule has 2 heterocycles. The molecule has 0 aliphatic carbocycles. The SMILES string of the molecule is Cc1ccc2oc(C(=O)NCC3(O)CCCNCC3)cc2c1. The summed E-state index contributed by atoms with van der Waals surface area (Å²) in [6, 6.07) is 7.55. The molecule has 1 fully saturated rings. The molecule has 0 spiro atoms. The zero-order chi connectivity index (χ0) is 15.6. The van der Waals surface area contributed by atoms with Crippen LogP contribution < -0.4 is 10.6 Å². The lowest BCUT2D eigenvalue weighted by molar-refractivity contribution is 0.0272. The molecule has 1 aliphatic rings. The summed E-state index contributed by atoms with van der Waals surface area (Å²) in [4.78, 5) is 12.2. The highest BCUT2D eigenvalue weighted by atomic mass is 16.3. The predicted molar refractivity (Wildman–Crippen MR) is 85.0 cm³/mol. The first kappa shape index (κ1) is 15.1. The molecule has 118 valence electrons. The third-order valence-corrected chi connectivity index (χ3v) is 4.24. The highest BCUT2D eigenvalue weighted by molar-refractivity contribution is 5.96. The molecule has 3 rings (SSSR count). The Hall–Kier alpha value is -1.85. The average Bonchev–Trinajstić information content (AvgIpc) is 2.79. The fourth-order valence-electron chi connectivity index (χ4n) is 2.90. The average molecular weight is 302 g/mol. The van der Waals surface area contributed by atoms with E-state index in [2.05, 4.69) is 10.6 Å². The van der Waals surface area contributed by atoms with Crippen LogP contribution >= 0.6 is 0 Å². The number of aliphatic hydroxyl groups is 1. The zero-order valence-corrected chi connectivity index (χ0v) is 12.8. The van der Waals surface area contributed by atoms with Crippen LogP contribution in [0.4, 0.5) is 0 Å². The standard InChI is InChI=1S/C17H22N2O3/c1-12-3-4-14-13(9-12)10-15(22-14)16(20)19-11-17(21)5-2-7-18-8-6-17/h3-4,9-10,18,21H,2,5-8,11H2,1H3,(H,19,20). The van der Waals surface area contributed by atoms with Gasteiger partial charge in [0, 0.05) is 11.9 Å². The third-order valence-electron chi connectivity index (χ3n) is 4.24. The summed E-state index contributed by atoms with van der Waals surface area (Å²) in [6.45, 7) is 3.95. The maximum atomic E-state index is 12.2. The van der Waals surface area contributed by atoms with E-state index in [4.69, 9.17) is 4.42 Å². The van der Waals surface area contributed by atoms with Crippen molar-refractivity contribution < 1.29 is 14.3 Å². The minimum atomic E-state index is -0.832. The Balaban J connectivity index is 1.67. The third kappa shape index (κ3) is 3.31. The summed E-state index contributed by atoms with van der Waals surface area (Å²) in [5.74, 6) is 0.00966. The Bertz CT molecular complexity index is 670. The monoisotopic (exact) mass is 302 g/mol. The highest BCUT2D eigenvalue weighted by Gasteiger charge is 2.28. The molecule has 0 radical (unpaired) electrons. The second-order valence-electron chi connectivity index (χ2n) is 6.16. The van der Waals surface area contributed by atoms with Crippen molar-refractivity contribution in [3.8, 4) is 0 Å². The van der Waals surface area contributed by atoms with Gasteiger partial charge in [0.25, 0.3) is 5.91 Å². The van der Waals surface area contributed by atoms with Crippen molar-refractivity contribution in [3.63, 3.8) is 0 Å². The molecule has 5 heteroatoms. The lowest BCUT2D eigenvalue weighted by Crippen LogP contribution is -2.43. The van der Waals surface area contributed by atoms with Crippen molar-refractivity contribution in [1.29, 1.82) is 0 Å². The number of fused-ring (bicyclic) bond motifs is 1. The first-order valence-electron chi connectivity index (χ1n) is 7.77. The molecule has 2 aromatic rings. The van der Waals surface area contributed by atoms with E-state index in [-0.39, 0.29) is 18.2 Å². The van der Waals surface area contributed by atoms with E-state index in [9.17, 15) is 9.90 Å². The highest BCUT2D eigenvalue weighted by Crippen LogP contribution is 2.21. The quantitative estimate of drug-likeness (QED) is 0.810. The minimum absolute atomic E-state index is 0.254. The molecule has 1 aliphatic heterocycles. The van der Waals surface area contributed by atoms with E-state index in [1.54, 1.807) is 6.07 Å². The number of aryl methyl sites for hydroxylation is 1. The number of nitrogens with one attached hydrogen (secondary N) is 2. The number of benzene rings is 1. The summed E-state index contributed by atoms with van der Waals surface area (Å²) in [5, 5.41) is 17.5. The van der Waals surface area contributed by atoms with Crippen molar-refractivity contribution in [2.45, 2.75) is 31.8 Å². The van der Waals surface area contributed by atoms with Gasteiger partial charge in [-0.1, -0.05) is 11.6 Å². The topological polar surface area (TPSA) is 74.5 Å². The molecule has 1 saturated heterocycles. The number of carbonyl (C=O) groups excluding carboxylic acids is 1. The van der Waals surface area contributed by atoms with E-state index in [0.717, 1.165) is 30.5 Å². The van der Waals surface area contributed by atoms with Crippen LogP contribution in [0, 0.1) is 6.92 Å². The minimum Gasteiger partial charge on any atom is -0.451 e. The predicted octanol–water partition coefficient (Wildman–Crippen LogP) is 1.98. The summed E-state index contributed by atoms with van der Waals surface area (Å²) in [5.41, 5.74) is 0.996. The van der Waals surface area contributed by atoms with Crippen molar-refractivity contribution >= 4 is 16.9 Å². The molecule has 5 nitrogen and oxygen atoms in total. The number of hydrogen-bond acceptors (Lipinski definition) is 4. The number of carbonyl (C=O) groups is 1. The number of furan rings is 1. The van der Waals surface area contributed by atoms with Crippen LogP contribution in [0.5, 0.6) is 0 Å². The Morgan fingerprint density at radius 2 is 2.23 bits per heavy atom. The van der Waals surface area contributed by atoms with Gasteiger partial charge in [-0.15, -0.1) is 0 Å². The molecule has 1 aromatic carbocycles. The second-order valence-corrected chi connectivity index (χ2v) is 6.16. The van der Waals surface area contributed by atoms with Crippen LogP contribution in [-0.4, -0.2) is 36.2 Å². The zero-order valence-electron chi connectivity index (χ0n) is 12.8. The molecule has 1 amide bonds. The number of rotatable bonds is 3. The van der Waals surface area contributed by atoms with Crippen molar-refractivity contribution in [1.82, 2.24) is 10.6 Å². The van der Waals surface area contributed by atoms with Gasteiger partial charge in [-0.25, -0.2) is 0 Å². The van der Waals surface area contributed by atoms with Crippen molar-refractivity contribution in [3.05, 3.63) is 35.6 Å². The van der Waals surface area contributed by atoms with E-state index < -0.39 is 5.60 Å². The van der Waals surface area contributed by atoms with E-state index in [1.165, 1.54) is 0 Å². The second kappa shape index (κ2) is 6.10. The lowest BCUT2D eigenvalue weighted by atomic mass is 9.95. The van der Waals surface area contributed by atoms with Gasteiger partial charge >= 0.3 is 0 Å². The summed E-state index contributed by atoms with van der Waals surface area (Å²) in [7, 11) is 0. The Kier molecular flexibility index (Phi) is 4.18. The molecular weight excluding hydrogens is 280 g/mol. The molecule has 3 N–H and O–H groups in total.